The molecule has 0 bridgehead atoms. The molecule has 0 saturated carbocycles. The van der Waals surface area contributed by atoms with Crippen LogP contribution in [0.15, 0.2) is 0 Å². The van der Waals surface area contributed by atoms with Gasteiger partial charge in [-0.15, -0.1) is 0 Å². The van der Waals surface area contributed by atoms with Gasteiger partial charge in [-0.3, -0.25) is 4.57 Å². The predicted octanol–water partition coefficient (Wildman–Crippen LogP) is 1.90. The van der Waals surface area contributed by atoms with Crippen LogP contribution in [0.3, 0.4) is 0 Å². The molecular formula is C7H4F5O4P. The fourth-order valence-corrected chi connectivity index (χ4v) is 1.16. The van der Waals surface area contributed by atoms with E-state index in [1.807, 2.05) is 0 Å². The molecule has 1 aromatic carbocycles. The number of benzene rings is 1. The van der Waals surface area contributed by atoms with Crippen molar-refractivity contribution in [3.05, 3.63) is 29.1 Å². The van der Waals surface area contributed by atoms with E-state index >= 15 is 0 Å². The average molecular weight is 278 g/mol. The summed E-state index contributed by atoms with van der Waals surface area (Å²) >= 11 is 0. The summed E-state index contributed by atoms with van der Waals surface area (Å²) in [6, 6.07) is 0. The Morgan fingerprint density at radius 3 is 1.59 bits per heavy atom. The Hall–Kier alpha value is -1.18. The first-order chi connectivity index (χ1) is 7.65. The van der Waals surface area contributed by atoms with Crippen LogP contribution >= 0.6 is 7.60 Å². The van der Waals surface area contributed by atoms with Crippen LogP contribution < -0.4 is 4.74 Å². The molecule has 10 heteroatoms. The lowest BCUT2D eigenvalue weighted by Gasteiger charge is -2.10. The Kier molecular flexibility index (Phi) is 3.75. The van der Waals surface area contributed by atoms with Crippen molar-refractivity contribution < 1.29 is 41.0 Å². The number of rotatable bonds is 3. The number of halogens is 5. The molecule has 0 unspecified atom stereocenters. The summed E-state index contributed by atoms with van der Waals surface area (Å²) in [6.45, 7) is 0. The predicted molar refractivity (Wildman–Crippen MR) is 43.8 cm³/mol. The molecule has 0 aliphatic heterocycles. The zero-order valence-corrected chi connectivity index (χ0v) is 8.65. The van der Waals surface area contributed by atoms with Gasteiger partial charge in [-0.05, 0) is 0 Å². The topological polar surface area (TPSA) is 66.8 Å². The highest BCUT2D eigenvalue weighted by Crippen LogP contribution is 2.37. The second kappa shape index (κ2) is 4.59. The van der Waals surface area contributed by atoms with E-state index in [0.717, 1.165) is 0 Å². The zero-order chi connectivity index (χ0) is 13.4. The van der Waals surface area contributed by atoms with Crippen molar-refractivity contribution in [2.24, 2.45) is 0 Å². The van der Waals surface area contributed by atoms with Crippen LogP contribution in [0.4, 0.5) is 22.0 Å². The van der Waals surface area contributed by atoms with Gasteiger partial charge in [0.15, 0.2) is 12.1 Å². The van der Waals surface area contributed by atoms with Crippen molar-refractivity contribution in [1.82, 2.24) is 0 Å². The van der Waals surface area contributed by atoms with Gasteiger partial charge in [-0.1, -0.05) is 0 Å². The van der Waals surface area contributed by atoms with Crippen molar-refractivity contribution in [3.8, 4) is 5.75 Å². The SMILES string of the molecule is O=P(O)(O)COc1c(F)c(F)c(F)c(F)c1F. The Morgan fingerprint density at radius 1 is 0.882 bits per heavy atom. The summed E-state index contributed by atoms with van der Waals surface area (Å²) in [5.41, 5.74) is 0. The quantitative estimate of drug-likeness (QED) is 0.383. The van der Waals surface area contributed by atoms with Crippen molar-refractivity contribution in [3.63, 3.8) is 0 Å². The van der Waals surface area contributed by atoms with Crippen molar-refractivity contribution >= 4 is 7.60 Å². The Balaban J connectivity index is 3.21. The maximum absolute atomic E-state index is 12.9. The van der Waals surface area contributed by atoms with Crippen LogP contribution in [0, 0.1) is 29.1 Å². The molecule has 0 aliphatic carbocycles. The van der Waals surface area contributed by atoms with Crippen LogP contribution in [-0.4, -0.2) is 16.1 Å². The van der Waals surface area contributed by atoms with Gasteiger partial charge < -0.3 is 14.5 Å². The van der Waals surface area contributed by atoms with Crippen molar-refractivity contribution in [2.75, 3.05) is 6.35 Å². The van der Waals surface area contributed by atoms with Crippen molar-refractivity contribution in [2.45, 2.75) is 0 Å². The van der Waals surface area contributed by atoms with Gasteiger partial charge >= 0.3 is 7.60 Å². The third-order valence-corrected chi connectivity index (χ3v) is 2.01. The van der Waals surface area contributed by atoms with Crippen molar-refractivity contribution in [1.29, 1.82) is 0 Å². The molecule has 0 radical (unpaired) electrons. The molecule has 1 rings (SSSR count). The van der Waals surface area contributed by atoms with Crippen LogP contribution in [0.2, 0.25) is 0 Å². The third kappa shape index (κ3) is 2.93. The lowest BCUT2D eigenvalue weighted by molar-refractivity contribution is 0.266. The molecule has 0 aromatic heterocycles. The van der Waals surface area contributed by atoms with Gasteiger partial charge in [-0.25, -0.2) is 13.2 Å². The Bertz CT molecular complexity index is 471. The van der Waals surface area contributed by atoms with Crippen LogP contribution in [0.25, 0.3) is 0 Å². The summed E-state index contributed by atoms with van der Waals surface area (Å²) in [6.07, 6.45) is -1.51. The highest BCUT2D eigenvalue weighted by Gasteiger charge is 2.28. The van der Waals surface area contributed by atoms with Gasteiger partial charge in [0.25, 0.3) is 0 Å². The molecular weight excluding hydrogens is 274 g/mol. The van der Waals surface area contributed by atoms with Crippen LogP contribution in [-0.2, 0) is 4.57 Å². The van der Waals surface area contributed by atoms with Gasteiger partial charge in [-0.2, -0.15) is 8.78 Å². The van der Waals surface area contributed by atoms with Gasteiger partial charge in [0.1, 0.15) is 0 Å². The monoisotopic (exact) mass is 278 g/mol. The van der Waals surface area contributed by atoms with Gasteiger partial charge in [0.05, 0.1) is 0 Å². The summed E-state index contributed by atoms with van der Waals surface area (Å²) in [7, 11) is -4.81. The molecule has 4 nitrogen and oxygen atoms in total. The number of hydrogen-bond acceptors (Lipinski definition) is 2. The fraction of sp³-hybridized carbons (Fsp3) is 0.143. The summed E-state index contributed by atoms with van der Waals surface area (Å²) < 4.78 is 77.7. The van der Waals surface area contributed by atoms with E-state index in [-0.39, 0.29) is 0 Å². The summed E-state index contributed by atoms with van der Waals surface area (Å²) in [4.78, 5) is 16.7. The fourth-order valence-electron chi connectivity index (χ4n) is 0.860. The lowest BCUT2D eigenvalue weighted by Crippen LogP contribution is -2.08. The van der Waals surface area contributed by atoms with E-state index < -0.39 is 48.8 Å². The van der Waals surface area contributed by atoms with E-state index in [9.17, 15) is 26.5 Å². The molecule has 0 amide bonds. The van der Waals surface area contributed by atoms with Gasteiger partial charge in [0.2, 0.25) is 29.1 Å². The zero-order valence-electron chi connectivity index (χ0n) is 7.76. The van der Waals surface area contributed by atoms with Crippen LogP contribution in [0.1, 0.15) is 0 Å². The average Bonchev–Trinajstić information content (AvgIpc) is 2.22. The van der Waals surface area contributed by atoms with E-state index in [0.29, 0.717) is 0 Å². The maximum atomic E-state index is 12.9. The number of ether oxygens (including phenoxy) is 1. The Labute approximate surface area is 90.8 Å². The normalized spacial score (nSPS) is 11.7. The highest BCUT2D eigenvalue weighted by molar-refractivity contribution is 7.51. The largest absolute Gasteiger partial charge is 0.475 e. The molecule has 0 fully saturated rings. The Morgan fingerprint density at radius 2 is 1.24 bits per heavy atom. The number of hydrogen-bond donors (Lipinski definition) is 2. The van der Waals surface area contributed by atoms with E-state index in [4.69, 9.17) is 9.79 Å². The van der Waals surface area contributed by atoms with Gasteiger partial charge in [0, 0.05) is 0 Å². The second-order valence-electron chi connectivity index (χ2n) is 2.84. The molecule has 2 N–H and O–H groups in total. The summed E-state index contributed by atoms with van der Waals surface area (Å²) in [5.74, 6) is -13.2. The molecule has 0 atom stereocenters. The molecule has 0 aliphatic rings. The first kappa shape index (κ1) is 13.9. The molecule has 1 aromatic rings. The third-order valence-electron chi connectivity index (χ3n) is 1.55. The first-order valence-electron chi connectivity index (χ1n) is 3.84. The van der Waals surface area contributed by atoms with Crippen LogP contribution in [0.5, 0.6) is 5.75 Å². The highest BCUT2D eigenvalue weighted by atomic mass is 31.2. The smallest absolute Gasteiger partial charge is 0.362 e. The van der Waals surface area contributed by atoms with E-state index in [1.54, 1.807) is 0 Å². The van der Waals surface area contributed by atoms with E-state index in [1.165, 1.54) is 0 Å². The maximum Gasteiger partial charge on any atom is 0.362 e. The lowest BCUT2D eigenvalue weighted by atomic mass is 10.3. The van der Waals surface area contributed by atoms with E-state index in [2.05, 4.69) is 4.74 Å². The minimum absolute atomic E-state index is 1.51. The molecule has 0 saturated heterocycles. The molecule has 0 heterocycles. The second-order valence-corrected chi connectivity index (χ2v) is 4.42. The molecule has 0 spiro atoms. The molecule has 17 heavy (non-hydrogen) atoms. The first-order valence-corrected chi connectivity index (χ1v) is 5.63. The summed E-state index contributed by atoms with van der Waals surface area (Å²) in [5, 5.41) is 0. The minimum atomic E-state index is -4.81. The molecule has 96 valence electrons. The standard InChI is InChI=1S/C7H4F5O4P/c8-2-3(9)5(11)7(6(12)4(2)10)16-1-17(13,14)15/h1H2,(H2,13,14,15). The minimum Gasteiger partial charge on any atom is -0.475 e.